The van der Waals surface area contributed by atoms with Crippen molar-refractivity contribution in [2.24, 2.45) is 0 Å². The second-order valence-electron chi connectivity index (χ2n) is 8.17. The number of aryl methyl sites for hydroxylation is 1. The molecule has 0 N–H and O–H groups in total. The van der Waals surface area contributed by atoms with Gasteiger partial charge in [-0.3, -0.25) is 0 Å². The molecule has 0 saturated carbocycles. The van der Waals surface area contributed by atoms with E-state index in [4.69, 9.17) is 4.74 Å². The fraction of sp³-hybridized carbons (Fsp3) is 0.500. The summed E-state index contributed by atoms with van der Waals surface area (Å²) in [4.78, 5) is -1.23. The maximum atomic E-state index is 11.7. The van der Waals surface area contributed by atoms with Gasteiger partial charge >= 0.3 is 59.1 Å². The molecule has 0 amide bonds. The number of hydrogen-bond acceptors (Lipinski definition) is 7. The van der Waals surface area contributed by atoms with Crippen LogP contribution in [0.25, 0.3) is 0 Å². The molecule has 2 aromatic carbocycles. The summed E-state index contributed by atoms with van der Waals surface area (Å²) in [6.45, 7) is 2.21. The molecule has 0 saturated heterocycles. The first kappa shape index (κ1) is 35.1. The summed E-state index contributed by atoms with van der Waals surface area (Å²) < 4.78 is 74.9. The van der Waals surface area contributed by atoms with Crippen LogP contribution < -0.4 is 63.9 Å². The molecule has 0 aliphatic rings. The van der Waals surface area contributed by atoms with E-state index in [9.17, 15) is 25.9 Å². The van der Waals surface area contributed by atoms with E-state index >= 15 is 0 Å². The number of benzene rings is 2. The van der Waals surface area contributed by atoms with Crippen LogP contribution in [0.1, 0.15) is 76.7 Å². The van der Waals surface area contributed by atoms with Crippen molar-refractivity contribution in [2.75, 3.05) is 0 Å². The zero-order valence-corrected chi connectivity index (χ0v) is 26.6. The van der Waals surface area contributed by atoms with Crippen molar-refractivity contribution in [3.05, 3.63) is 48.0 Å². The van der Waals surface area contributed by atoms with E-state index < -0.39 is 30.0 Å². The predicted octanol–water partition coefficient (Wildman–Crippen LogP) is -0.241. The molecule has 0 radical (unpaired) electrons. The predicted molar refractivity (Wildman–Crippen MR) is 124 cm³/mol. The number of rotatable bonds is 15. The van der Waals surface area contributed by atoms with E-state index in [1.54, 1.807) is 6.07 Å². The van der Waals surface area contributed by atoms with Crippen molar-refractivity contribution in [1.82, 2.24) is 0 Å². The van der Waals surface area contributed by atoms with Gasteiger partial charge in [-0.2, -0.15) is 0 Å². The van der Waals surface area contributed by atoms with Gasteiger partial charge in [-0.1, -0.05) is 82.9 Å². The van der Waals surface area contributed by atoms with Gasteiger partial charge < -0.3 is 13.8 Å². The molecule has 0 spiro atoms. The number of unbranched alkanes of at least 4 members (excludes halogenated alkanes) is 9. The molecule has 2 rings (SSSR count). The Morgan fingerprint density at radius 1 is 0.657 bits per heavy atom. The van der Waals surface area contributed by atoms with Crippen molar-refractivity contribution in [3.63, 3.8) is 0 Å². The molecule has 0 heterocycles. The van der Waals surface area contributed by atoms with Gasteiger partial charge in [0.1, 0.15) is 31.7 Å². The summed E-state index contributed by atoms with van der Waals surface area (Å²) in [6, 6.07) is 9.25. The molecule has 184 valence electrons. The second kappa shape index (κ2) is 17.5. The monoisotopic (exact) mass is 542 g/mol. The van der Waals surface area contributed by atoms with Crippen LogP contribution in [-0.2, 0) is 26.7 Å². The van der Waals surface area contributed by atoms with Gasteiger partial charge in [-0.15, -0.1) is 0 Å². The smallest absolute Gasteiger partial charge is 0.744 e. The molecule has 0 bridgehead atoms. The van der Waals surface area contributed by atoms with Gasteiger partial charge in [0.05, 0.1) is 9.79 Å². The Labute approximate surface area is 254 Å². The Kier molecular flexibility index (Phi) is 17.6. The van der Waals surface area contributed by atoms with Gasteiger partial charge in [-0.25, -0.2) is 16.8 Å². The van der Waals surface area contributed by atoms with E-state index in [-0.39, 0.29) is 70.6 Å². The van der Waals surface area contributed by atoms with Crippen molar-refractivity contribution in [2.45, 2.75) is 87.3 Å². The first-order chi connectivity index (χ1) is 15.6. The minimum Gasteiger partial charge on any atom is -0.744 e. The molecule has 0 aliphatic heterocycles. The zero-order valence-electron chi connectivity index (χ0n) is 21.0. The van der Waals surface area contributed by atoms with E-state index in [2.05, 4.69) is 6.92 Å². The van der Waals surface area contributed by atoms with Crippen LogP contribution in [0.3, 0.4) is 0 Å². The SMILES string of the molecule is CCCCCCCCCCCCc1ccc(S(=O)(=O)[O-])c(Oc2ccccc2S(=O)(=O)[O-])c1.[Na+].[Na+]. The maximum absolute atomic E-state index is 11.7. The molecule has 0 fully saturated rings. The Balaban J connectivity index is 0.00000578. The fourth-order valence-electron chi connectivity index (χ4n) is 3.67. The number of hydrogen-bond donors (Lipinski definition) is 0. The van der Waals surface area contributed by atoms with Gasteiger partial charge in [0, 0.05) is 0 Å². The Bertz CT molecular complexity index is 1100. The average Bonchev–Trinajstić information content (AvgIpc) is 2.74. The maximum Gasteiger partial charge on any atom is 1.00 e. The molecule has 0 unspecified atom stereocenters. The summed E-state index contributed by atoms with van der Waals surface area (Å²) in [7, 11) is -9.71. The second-order valence-corrected chi connectivity index (χ2v) is 10.9. The largest absolute Gasteiger partial charge is 1.00 e. The quantitative estimate of drug-likeness (QED) is 0.173. The van der Waals surface area contributed by atoms with E-state index in [1.807, 2.05) is 0 Å². The Hall–Kier alpha value is 0.0600. The summed E-state index contributed by atoms with van der Waals surface area (Å²) in [5, 5.41) is 0. The van der Waals surface area contributed by atoms with E-state index in [0.29, 0.717) is 6.42 Å². The van der Waals surface area contributed by atoms with Crippen LogP contribution in [0.5, 0.6) is 11.5 Å². The number of para-hydroxylation sites is 1. The van der Waals surface area contributed by atoms with Crippen molar-refractivity contribution < 1.29 is 89.8 Å². The van der Waals surface area contributed by atoms with Crippen LogP contribution in [0.4, 0.5) is 0 Å². The third kappa shape index (κ3) is 12.9. The molecular formula is C24H32Na2O7S2. The third-order valence-corrected chi connectivity index (χ3v) is 7.19. The van der Waals surface area contributed by atoms with Gasteiger partial charge in [0.25, 0.3) is 0 Å². The third-order valence-electron chi connectivity index (χ3n) is 5.43. The van der Waals surface area contributed by atoms with Gasteiger partial charge in [-0.05, 0) is 42.7 Å². The topological polar surface area (TPSA) is 124 Å². The minimum atomic E-state index is -4.87. The van der Waals surface area contributed by atoms with Crippen LogP contribution in [-0.4, -0.2) is 25.9 Å². The standard InChI is InChI=1S/C24H34O7S2.2Na/c1-2-3-4-5-6-7-8-9-10-11-14-20-17-18-24(33(28,29)30)22(19-20)31-21-15-12-13-16-23(21)32(25,26)27;;/h12-13,15-19H,2-11,14H2,1H3,(H,25,26,27)(H,28,29,30);;/q;2*+1/p-2. The van der Waals surface area contributed by atoms with Crippen molar-refractivity contribution in [1.29, 1.82) is 0 Å². The first-order valence-corrected chi connectivity index (χ1v) is 14.3. The van der Waals surface area contributed by atoms with Gasteiger partial charge in [0.2, 0.25) is 0 Å². The molecule has 2 aromatic rings. The first-order valence-electron chi connectivity index (χ1n) is 11.4. The Morgan fingerprint density at radius 2 is 1.14 bits per heavy atom. The van der Waals surface area contributed by atoms with Crippen molar-refractivity contribution >= 4 is 20.2 Å². The van der Waals surface area contributed by atoms with Crippen LogP contribution in [0.2, 0.25) is 0 Å². The molecule has 35 heavy (non-hydrogen) atoms. The summed E-state index contributed by atoms with van der Waals surface area (Å²) >= 11 is 0. The molecular weight excluding hydrogens is 510 g/mol. The van der Waals surface area contributed by atoms with Gasteiger partial charge in [0.15, 0.2) is 0 Å². The molecule has 7 nitrogen and oxygen atoms in total. The van der Waals surface area contributed by atoms with Crippen LogP contribution in [0.15, 0.2) is 52.3 Å². The number of ether oxygens (including phenoxy) is 1. The van der Waals surface area contributed by atoms with Crippen LogP contribution in [0, 0.1) is 0 Å². The summed E-state index contributed by atoms with van der Waals surface area (Å²) in [6.07, 6.45) is 12.6. The molecule has 0 atom stereocenters. The minimum absolute atomic E-state index is 0. The summed E-state index contributed by atoms with van der Waals surface area (Å²) in [5.41, 5.74) is 0.763. The molecule has 0 aliphatic carbocycles. The average molecular weight is 543 g/mol. The Morgan fingerprint density at radius 3 is 1.69 bits per heavy atom. The zero-order chi connectivity index (χ0) is 24.3. The van der Waals surface area contributed by atoms with E-state index in [1.165, 1.54) is 69.2 Å². The molecule has 0 aromatic heterocycles. The normalized spacial score (nSPS) is 11.4. The molecule has 11 heteroatoms. The van der Waals surface area contributed by atoms with E-state index in [0.717, 1.165) is 37.0 Å². The van der Waals surface area contributed by atoms with Crippen molar-refractivity contribution in [3.8, 4) is 11.5 Å². The van der Waals surface area contributed by atoms with Crippen LogP contribution >= 0.6 is 0 Å². The summed E-state index contributed by atoms with van der Waals surface area (Å²) in [5.74, 6) is -0.612. The fourth-order valence-corrected chi connectivity index (χ4v) is 4.85.